The van der Waals surface area contributed by atoms with Gasteiger partial charge in [0.25, 0.3) is 0 Å². The number of nitrogens with zero attached hydrogens (tertiary/aromatic N) is 2. The van der Waals surface area contributed by atoms with Crippen molar-refractivity contribution >= 4 is 0 Å². The molecular formula is C31H62N2. The minimum absolute atomic E-state index is 0.570. The van der Waals surface area contributed by atoms with Gasteiger partial charge in [-0.25, -0.2) is 0 Å². The highest BCUT2D eigenvalue weighted by molar-refractivity contribution is 4.95. The van der Waals surface area contributed by atoms with Crippen LogP contribution in [0.3, 0.4) is 0 Å². The lowest BCUT2D eigenvalue weighted by Gasteiger charge is -2.30. The van der Waals surface area contributed by atoms with Crippen molar-refractivity contribution in [2.45, 2.75) is 175 Å². The Balaban J connectivity index is 1.85. The van der Waals surface area contributed by atoms with Crippen LogP contribution in [0.4, 0.5) is 0 Å². The van der Waals surface area contributed by atoms with E-state index in [-0.39, 0.29) is 0 Å². The van der Waals surface area contributed by atoms with Crippen LogP contribution in [0.15, 0.2) is 12.4 Å². The molecule has 1 rings (SSSR count). The van der Waals surface area contributed by atoms with Crippen molar-refractivity contribution < 1.29 is 0 Å². The largest absolute Gasteiger partial charge is 0.356 e. The molecule has 1 atom stereocenters. The molecule has 1 aliphatic rings. The van der Waals surface area contributed by atoms with Gasteiger partial charge in [-0.15, -0.1) is 0 Å². The minimum atomic E-state index is 0.570. The van der Waals surface area contributed by atoms with E-state index in [9.17, 15) is 0 Å². The molecule has 1 aliphatic heterocycles. The van der Waals surface area contributed by atoms with Crippen LogP contribution >= 0.6 is 0 Å². The summed E-state index contributed by atoms with van der Waals surface area (Å²) in [5, 5.41) is 0. The molecule has 196 valence electrons. The molecule has 1 heterocycles. The third-order valence-corrected chi connectivity index (χ3v) is 7.70. The highest BCUT2D eigenvalue weighted by Crippen LogP contribution is 2.19. The molecule has 0 saturated heterocycles. The first-order chi connectivity index (χ1) is 16.3. The summed E-state index contributed by atoms with van der Waals surface area (Å²) in [5.41, 5.74) is 0. The molecule has 33 heavy (non-hydrogen) atoms. The van der Waals surface area contributed by atoms with Crippen LogP contribution in [0, 0.1) is 0 Å². The van der Waals surface area contributed by atoms with E-state index in [1.54, 1.807) is 0 Å². The summed E-state index contributed by atoms with van der Waals surface area (Å²) in [6.45, 7) is 9.47. The van der Waals surface area contributed by atoms with Crippen molar-refractivity contribution in [3.63, 3.8) is 0 Å². The molecule has 0 aromatic rings. The molecule has 0 N–H and O–H groups in total. The fourth-order valence-corrected chi connectivity index (χ4v) is 5.23. The standard InChI is InChI=1S/C31H62N2/c1-4-6-8-10-12-14-15-16-17-18-20-22-24-26-28-33-30-29-32(31(33)3)27-25-23-21-19-13-11-9-7-5-2/h29-31H,4-28H2,1-3H3. The SMILES string of the molecule is CCCCCCCCCCCCCCCCN1C=CN(CCCCCCCCCCC)C1C. The summed E-state index contributed by atoms with van der Waals surface area (Å²) in [6, 6.07) is 0. The Morgan fingerprint density at radius 2 is 0.636 bits per heavy atom. The van der Waals surface area contributed by atoms with Crippen molar-refractivity contribution in [3.05, 3.63) is 12.4 Å². The zero-order chi connectivity index (χ0) is 23.8. The van der Waals surface area contributed by atoms with Crippen molar-refractivity contribution in [1.82, 2.24) is 9.80 Å². The second-order valence-electron chi connectivity index (χ2n) is 10.8. The second kappa shape index (κ2) is 23.1. The average molecular weight is 463 g/mol. The Morgan fingerprint density at radius 1 is 0.394 bits per heavy atom. The lowest BCUT2D eigenvalue weighted by Crippen LogP contribution is -2.36. The first-order valence-electron chi connectivity index (χ1n) is 15.5. The lowest BCUT2D eigenvalue weighted by atomic mass is 10.0. The Hall–Kier alpha value is -0.660. The number of hydrogen-bond donors (Lipinski definition) is 0. The minimum Gasteiger partial charge on any atom is -0.356 e. The van der Waals surface area contributed by atoms with Crippen LogP contribution in [-0.4, -0.2) is 29.1 Å². The maximum absolute atomic E-state index is 2.56. The van der Waals surface area contributed by atoms with Gasteiger partial charge in [-0.05, 0) is 19.8 Å². The topological polar surface area (TPSA) is 6.48 Å². The summed E-state index contributed by atoms with van der Waals surface area (Å²) < 4.78 is 0. The molecule has 0 aromatic carbocycles. The summed E-state index contributed by atoms with van der Waals surface area (Å²) in [7, 11) is 0. The van der Waals surface area contributed by atoms with E-state index in [1.807, 2.05) is 0 Å². The summed E-state index contributed by atoms with van der Waals surface area (Å²) in [6.07, 6.45) is 38.2. The molecule has 2 heteroatoms. The van der Waals surface area contributed by atoms with E-state index in [2.05, 4.69) is 43.0 Å². The molecule has 0 fully saturated rings. The predicted octanol–water partition coefficient (Wildman–Crippen LogP) is 10.4. The van der Waals surface area contributed by atoms with Gasteiger partial charge >= 0.3 is 0 Å². The first-order valence-corrected chi connectivity index (χ1v) is 15.5. The van der Waals surface area contributed by atoms with Crippen molar-refractivity contribution in [1.29, 1.82) is 0 Å². The van der Waals surface area contributed by atoms with E-state index in [4.69, 9.17) is 0 Å². The van der Waals surface area contributed by atoms with Crippen molar-refractivity contribution in [3.8, 4) is 0 Å². The van der Waals surface area contributed by atoms with Crippen LogP contribution in [-0.2, 0) is 0 Å². The lowest BCUT2D eigenvalue weighted by molar-refractivity contribution is 0.165. The molecule has 0 amide bonds. The second-order valence-corrected chi connectivity index (χ2v) is 10.8. The molecular weight excluding hydrogens is 400 g/mol. The highest BCUT2D eigenvalue weighted by Gasteiger charge is 2.20. The van der Waals surface area contributed by atoms with Gasteiger partial charge in [0.1, 0.15) is 0 Å². The third kappa shape index (κ3) is 17.4. The zero-order valence-electron chi connectivity index (χ0n) is 23.3. The molecule has 0 spiro atoms. The van der Waals surface area contributed by atoms with Gasteiger partial charge in [-0.1, -0.05) is 149 Å². The Labute approximate surface area is 210 Å². The molecule has 0 saturated carbocycles. The number of unbranched alkanes of at least 4 members (excludes halogenated alkanes) is 21. The van der Waals surface area contributed by atoms with Crippen molar-refractivity contribution in [2.75, 3.05) is 13.1 Å². The van der Waals surface area contributed by atoms with Crippen LogP contribution in [0.25, 0.3) is 0 Å². The van der Waals surface area contributed by atoms with Crippen LogP contribution in [0.5, 0.6) is 0 Å². The van der Waals surface area contributed by atoms with Crippen LogP contribution < -0.4 is 0 Å². The highest BCUT2D eigenvalue weighted by atomic mass is 15.4. The molecule has 0 radical (unpaired) electrons. The van der Waals surface area contributed by atoms with E-state index in [1.165, 1.54) is 161 Å². The van der Waals surface area contributed by atoms with Gasteiger partial charge in [0.05, 0.1) is 6.17 Å². The maximum Gasteiger partial charge on any atom is 0.0977 e. The average Bonchev–Trinajstić information content (AvgIpc) is 3.17. The van der Waals surface area contributed by atoms with Gasteiger partial charge in [-0.3, -0.25) is 0 Å². The zero-order valence-corrected chi connectivity index (χ0v) is 23.3. The van der Waals surface area contributed by atoms with Gasteiger partial charge < -0.3 is 9.80 Å². The van der Waals surface area contributed by atoms with E-state index in [0.29, 0.717) is 6.17 Å². The molecule has 2 nitrogen and oxygen atoms in total. The molecule has 1 unspecified atom stereocenters. The quantitative estimate of drug-likeness (QED) is 0.124. The number of hydrogen-bond acceptors (Lipinski definition) is 2. The number of rotatable bonds is 25. The maximum atomic E-state index is 2.56. The molecule has 0 aliphatic carbocycles. The fourth-order valence-electron chi connectivity index (χ4n) is 5.23. The Morgan fingerprint density at radius 3 is 0.909 bits per heavy atom. The van der Waals surface area contributed by atoms with Gasteiger partial charge in [0, 0.05) is 25.5 Å². The van der Waals surface area contributed by atoms with Crippen LogP contribution in [0.1, 0.15) is 168 Å². The normalized spacial score (nSPS) is 15.8. The van der Waals surface area contributed by atoms with Crippen LogP contribution in [0.2, 0.25) is 0 Å². The summed E-state index contributed by atoms with van der Waals surface area (Å²) in [5.74, 6) is 0. The predicted molar refractivity (Wildman–Crippen MR) is 150 cm³/mol. The van der Waals surface area contributed by atoms with Crippen molar-refractivity contribution in [2.24, 2.45) is 0 Å². The monoisotopic (exact) mass is 462 g/mol. The first kappa shape index (κ1) is 30.4. The smallest absolute Gasteiger partial charge is 0.0977 e. The summed E-state index contributed by atoms with van der Waals surface area (Å²) >= 11 is 0. The molecule has 0 aromatic heterocycles. The van der Waals surface area contributed by atoms with Gasteiger partial charge in [0.2, 0.25) is 0 Å². The molecule has 0 bridgehead atoms. The third-order valence-electron chi connectivity index (χ3n) is 7.70. The summed E-state index contributed by atoms with van der Waals surface area (Å²) in [4.78, 5) is 5.12. The van der Waals surface area contributed by atoms with E-state index < -0.39 is 0 Å². The van der Waals surface area contributed by atoms with Gasteiger partial charge in [0.15, 0.2) is 0 Å². The van der Waals surface area contributed by atoms with Gasteiger partial charge in [-0.2, -0.15) is 0 Å². The van der Waals surface area contributed by atoms with E-state index >= 15 is 0 Å². The fraction of sp³-hybridized carbons (Fsp3) is 0.935. The van der Waals surface area contributed by atoms with E-state index in [0.717, 1.165) is 0 Å². The Kier molecular flexibility index (Phi) is 21.3. The Bertz CT molecular complexity index is 419.